The summed E-state index contributed by atoms with van der Waals surface area (Å²) >= 11 is 11.4. The molecule has 0 bridgehead atoms. The van der Waals surface area contributed by atoms with Crippen LogP contribution in [0, 0.1) is 0 Å². The number of nitrogens with zero attached hydrogens (tertiary/aromatic N) is 2. The van der Waals surface area contributed by atoms with Gasteiger partial charge in [-0.3, -0.25) is 0 Å². The first-order valence-corrected chi connectivity index (χ1v) is 5.19. The number of benzene rings is 1. The molecule has 94 valence electrons. The molecule has 0 saturated heterocycles. The Hall–Kier alpha value is -1.99. The van der Waals surface area contributed by atoms with Crippen LogP contribution in [0.2, 0.25) is 10.0 Å². The minimum absolute atomic E-state index is 0.0155. The third kappa shape index (κ3) is 1.64. The summed E-state index contributed by atoms with van der Waals surface area (Å²) in [5.74, 6) is 0. The van der Waals surface area contributed by atoms with Crippen LogP contribution in [0.5, 0.6) is 0 Å². The fourth-order valence-corrected chi connectivity index (χ4v) is 1.88. The molecule has 2 aromatic rings. The van der Waals surface area contributed by atoms with Crippen LogP contribution >= 0.6 is 23.2 Å². The number of rotatable bonds is 0. The Morgan fingerprint density at radius 3 is 1.56 bits per heavy atom. The maximum atomic E-state index is 11.7. The molecular formula is C9H4Cl2N2O5. The van der Waals surface area contributed by atoms with E-state index in [0.717, 1.165) is 12.1 Å². The summed E-state index contributed by atoms with van der Waals surface area (Å²) in [5.41, 5.74) is -1.52. The van der Waals surface area contributed by atoms with Crippen LogP contribution in [0.15, 0.2) is 16.9 Å². The summed E-state index contributed by atoms with van der Waals surface area (Å²) in [5, 5.41) is 17.8. The lowest BCUT2D eigenvalue weighted by Crippen LogP contribution is -2.31. The quantitative estimate of drug-likeness (QED) is 0.774. The van der Waals surface area contributed by atoms with E-state index >= 15 is 0 Å². The number of fused-ring (bicyclic) bond motifs is 1. The second kappa shape index (κ2) is 4.04. The van der Waals surface area contributed by atoms with E-state index in [0.29, 0.717) is 0 Å². The Labute approximate surface area is 108 Å². The molecule has 2 rings (SSSR count). The largest absolute Gasteiger partial charge is 0.464 e. The van der Waals surface area contributed by atoms with Crippen molar-refractivity contribution < 1.29 is 19.8 Å². The molecule has 0 aliphatic heterocycles. The lowest BCUT2D eigenvalue weighted by Gasteiger charge is -1.98. The Morgan fingerprint density at radius 2 is 1.28 bits per heavy atom. The molecule has 0 atom stereocenters. The first-order chi connectivity index (χ1) is 8.34. The molecule has 0 aliphatic rings. The zero-order valence-electron chi connectivity index (χ0n) is 8.42. The normalized spacial score (nSPS) is 10.8. The van der Waals surface area contributed by atoms with E-state index in [1.54, 1.807) is 0 Å². The van der Waals surface area contributed by atoms with Gasteiger partial charge in [0.05, 0.1) is 21.1 Å². The van der Waals surface area contributed by atoms with E-state index in [1.807, 2.05) is 0 Å². The summed E-state index contributed by atoms with van der Waals surface area (Å²) < 4.78 is 0.567. The Kier molecular flexibility index (Phi) is 2.80. The third-order valence-corrected chi connectivity index (χ3v) is 2.99. The van der Waals surface area contributed by atoms with Gasteiger partial charge in [-0.05, 0) is 12.1 Å². The molecule has 0 fully saturated rings. The molecule has 2 N–H and O–H groups in total. The van der Waals surface area contributed by atoms with Gasteiger partial charge in [0.2, 0.25) is 0 Å². The van der Waals surface area contributed by atoms with Crippen LogP contribution in [-0.2, 0) is 0 Å². The number of imidazole rings is 1. The van der Waals surface area contributed by atoms with Gasteiger partial charge in [0, 0.05) is 0 Å². The van der Waals surface area contributed by atoms with Crippen LogP contribution in [0.25, 0.3) is 11.0 Å². The number of hydrogen-bond acceptors (Lipinski definition) is 3. The van der Waals surface area contributed by atoms with E-state index in [2.05, 4.69) is 0 Å². The number of aromatic nitrogens is 2. The number of carbonyl (C=O) groups is 2. The molecular weight excluding hydrogens is 287 g/mol. The first-order valence-electron chi connectivity index (χ1n) is 4.43. The van der Waals surface area contributed by atoms with E-state index in [-0.39, 0.29) is 30.2 Å². The van der Waals surface area contributed by atoms with Gasteiger partial charge in [0.15, 0.2) is 0 Å². The summed E-state index contributed by atoms with van der Waals surface area (Å²) in [6.45, 7) is 0. The molecule has 0 aliphatic carbocycles. The lowest BCUT2D eigenvalue weighted by atomic mass is 10.3. The molecule has 0 unspecified atom stereocenters. The van der Waals surface area contributed by atoms with Gasteiger partial charge in [-0.1, -0.05) is 23.2 Å². The van der Waals surface area contributed by atoms with Crippen molar-refractivity contribution in [1.82, 2.24) is 9.13 Å². The van der Waals surface area contributed by atoms with Gasteiger partial charge in [-0.2, -0.15) is 9.13 Å². The summed E-state index contributed by atoms with van der Waals surface area (Å²) in [6, 6.07) is 2.24. The highest BCUT2D eigenvalue weighted by atomic mass is 35.5. The number of hydrogen-bond donors (Lipinski definition) is 2. The van der Waals surface area contributed by atoms with Gasteiger partial charge in [0.25, 0.3) is 0 Å². The fraction of sp³-hybridized carbons (Fsp3) is 0. The predicted octanol–water partition coefficient (Wildman–Crippen LogP) is 2.16. The first kappa shape index (κ1) is 12.5. The van der Waals surface area contributed by atoms with Crippen molar-refractivity contribution in [3.8, 4) is 0 Å². The minimum atomic E-state index is -1.61. The molecule has 0 amide bonds. The van der Waals surface area contributed by atoms with Crippen molar-refractivity contribution in [2.24, 2.45) is 0 Å². The SMILES string of the molecule is O=C(O)n1c(=O)n(C(=O)O)c2cc(Cl)c(Cl)cc21. The van der Waals surface area contributed by atoms with Gasteiger partial charge < -0.3 is 10.2 Å². The van der Waals surface area contributed by atoms with E-state index < -0.39 is 17.9 Å². The Morgan fingerprint density at radius 1 is 0.944 bits per heavy atom. The molecule has 18 heavy (non-hydrogen) atoms. The molecule has 7 nitrogen and oxygen atoms in total. The zero-order chi connectivity index (χ0) is 13.6. The van der Waals surface area contributed by atoms with Crippen LogP contribution < -0.4 is 5.69 Å². The van der Waals surface area contributed by atoms with Crippen LogP contribution in [0.4, 0.5) is 9.59 Å². The third-order valence-electron chi connectivity index (χ3n) is 2.26. The maximum Gasteiger partial charge on any atom is 0.420 e. The van der Waals surface area contributed by atoms with E-state index in [9.17, 15) is 14.4 Å². The van der Waals surface area contributed by atoms with Crippen molar-refractivity contribution in [2.45, 2.75) is 0 Å². The van der Waals surface area contributed by atoms with Crippen molar-refractivity contribution >= 4 is 46.4 Å². The predicted molar refractivity (Wildman–Crippen MR) is 63.1 cm³/mol. The van der Waals surface area contributed by atoms with Crippen LogP contribution in [0.3, 0.4) is 0 Å². The van der Waals surface area contributed by atoms with Gasteiger partial charge in [0.1, 0.15) is 0 Å². The topological polar surface area (TPSA) is 102 Å². The van der Waals surface area contributed by atoms with Gasteiger partial charge in [-0.25, -0.2) is 14.4 Å². The molecule has 9 heteroatoms. The molecule has 1 heterocycles. The van der Waals surface area contributed by atoms with Crippen molar-refractivity contribution in [3.05, 3.63) is 32.7 Å². The minimum Gasteiger partial charge on any atom is -0.464 e. The van der Waals surface area contributed by atoms with Crippen molar-refractivity contribution in [1.29, 1.82) is 0 Å². The summed E-state index contributed by atoms with van der Waals surface area (Å²) in [4.78, 5) is 33.6. The number of halogens is 2. The highest BCUT2D eigenvalue weighted by Gasteiger charge is 2.22. The van der Waals surface area contributed by atoms with E-state index in [1.165, 1.54) is 0 Å². The maximum absolute atomic E-state index is 11.7. The monoisotopic (exact) mass is 290 g/mol. The van der Waals surface area contributed by atoms with Crippen LogP contribution in [0.1, 0.15) is 0 Å². The Bertz CT molecular complexity index is 685. The van der Waals surface area contributed by atoms with E-state index in [4.69, 9.17) is 33.4 Å². The highest BCUT2D eigenvalue weighted by Crippen LogP contribution is 2.27. The highest BCUT2D eigenvalue weighted by molar-refractivity contribution is 6.42. The number of carboxylic acid groups (broad SMARTS) is 2. The van der Waals surface area contributed by atoms with Crippen LogP contribution in [-0.4, -0.2) is 31.5 Å². The average molecular weight is 291 g/mol. The van der Waals surface area contributed by atoms with Crippen molar-refractivity contribution in [2.75, 3.05) is 0 Å². The summed E-state index contributed by atoms with van der Waals surface area (Å²) in [6.07, 6.45) is -3.22. The van der Waals surface area contributed by atoms with Gasteiger partial charge in [-0.15, -0.1) is 0 Å². The van der Waals surface area contributed by atoms with Crippen molar-refractivity contribution in [3.63, 3.8) is 0 Å². The zero-order valence-corrected chi connectivity index (χ0v) is 9.94. The molecule has 1 aromatic heterocycles. The van der Waals surface area contributed by atoms with Gasteiger partial charge >= 0.3 is 17.9 Å². The smallest absolute Gasteiger partial charge is 0.420 e. The second-order valence-electron chi connectivity index (χ2n) is 3.27. The standard InChI is InChI=1S/C9H4Cl2N2O5/c10-3-1-5-6(2-4(3)11)13(9(17)18)7(14)12(5)8(15)16/h1-2H,(H,15,16)(H,17,18). The average Bonchev–Trinajstić information content (AvgIpc) is 2.50. The second-order valence-corrected chi connectivity index (χ2v) is 4.09. The summed E-state index contributed by atoms with van der Waals surface area (Å²) in [7, 11) is 0. The Balaban J connectivity index is 3.07. The molecule has 1 aromatic carbocycles. The molecule has 0 spiro atoms. The molecule has 0 saturated carbocycles. The molecule has 0 radical (unpaired) electrons. The lowest BCUT2D eigenvalue weighted by molar-refractivity contribution is 0.193. The fourth-order valence-electron chi connectivity index (χ4n) is 1.56.